The Labute approximate surface area is 128 Å². The van der Waals surface area contributed by atoms with Crippen LogP contribution >= 0.6 is 0 Å². The van der Waals surface area contributed by atoms with Crippen molar-refractivity contribution in [3.63, 3.8) is 0 Å². The second kappa shape index (κ2) is 8.98. The Hall–Kier alpha value is -2.16. The number of rotatable bonds is 9. The van der Waals surface area contributed by atoms with Crippen LogP contribution in [0.25, 0.3) is 0 Å². The molecule has 9 nitrogen and oxygen atoms in total. The SMILES string of the molecule is CC(C)C[C@@H](N)C(=O)N[C@@H](C)C(=O)N[C@@H](CC(=O)O)C(=O)O. The van der Waals surface area contributed by atoms with E-state index in [-0.39, 0.29) is 5.92 Å². The summed E-state index contributed by atoms with van der Waals surface area (Å²) in [6.45, 7) is 5.15. The molecule has 0 spiro atoms. The number of amides is 2. The van der Waals surface area contributed by atoms with Gasteiger partial charge in [0.15, 0.2) is 0 Å². The highest BCUT2D eigenvalue weighted by molar-refractivity contribution is 5.92. The second-order valence-electron chi connectivity index (χ2n) is 5.46. The molecule has 2 amide bonds. The molecular formula is C13H23N3O6. The monoisotopic (exact) mass is 317 g/mol. The fraction of sp³-hybridized carbons (Fsp3) is 0.692. The molecule has 0 aromatic rings. The average molecular weight is 317 g/mol. The van der Waals surface area contributed by atoms with Crippen LogP contribution in [0.4, 0.5) is 0 Å². The number of carboxylic acid groups (broad SMARTS) is 2. The summed E-state index contributed by atoms with van der Waals surface area (Å²) in [5.41, 5.74) is 5.67. The molecule has 0 fully saturated rings. The van der Waals surface area contributed by atoms with Crippen LogP contribution in [0.3, 0.4) is 0 Å². The van der Waals surface area contributed by atoms with Crippen molar-refractivity contribution in [3.05, 3.63) is 0 Å². The number of aliphatic carboxylic acids is 2. The molecular weight excluding hydrogens is 294 g/mol. The Morgan fingerprint density at radius 3 is 1.95 bits per heavy atom. The minimum Gasteiger partial charge on any atom is -0.481 e. The largest absolute Gasteiger partial charge is 0.481 e. The Morgan fingerprint density at radius 2 is 1.55 bits per heavy atom. The van der Waals surface area contributed by atoms with Crippen LogP contribution in [0.15, 0.2) is 0 Å². The van der Waals surface area contributed by atoms with Crippen LogP contribution in [0.2, 0.25) is 0 Å². The minimum absolute atomic E-state index is 0.205. The first-order valence-corrected chi connectivity index (χ1v) is 6.85. The Kier molecular flexibility index (Phi) is 8.10. The summed E-state index contributed by atoms with van der Waals surface area (Å²) >= 11 is 0. The summed E-state index contributed by atoms with van der Waals surface area (Å²) in [4.78, 5) is 45.0. The highest BCUT2D eigenvalue weighted by atomic mass is 16.4. The number of hydrogen-bond donors (Lipinski definition) is 5. The van der Waals surface area contributed by atoms with E-state index in [1.165, 1.54) is 6.92 Å². The van der Waals surface area contributed by atoms with Gasteiger partial charge in [-0.25, -0.2) is 4.79 Å². The lowest BCUT2D eigenvalue weighted by Crippen LogP contribution is -2.53. The smallest absolute Gasteiger partial charge is 0.326 e. The highest BCUT2D eigenvalue weighted by Gasteiger charge is 2.27. The van der Waals surface area contributed by atoms with E-state index in [9.17, 15) is 19.2 Å². The van der Waals surface area contributed by atoms with Gasteiger partial charge in [-0.1, -0.05) is 13.8 Å². The molecule has 0 heterocycles. The molecule has 0 bridgehead atoms. The average Bonchev–Trinajstić information content (AvgIpc) is 2.35. The Bertz CT molecular complexity index is 437. The van der Waals surface area contributed by atoms with Gasteiger partial charge in [0.25, 0.3) is 0 Å². The second-order valence-corrected chi connectivity index (χ2v) is 5.46. The molecule has 0 aliphatic carbocycles. The molecule has 6 N–H and O–H groups in total. The first-order valence-electron chi connectivity index (χ1n) is 6.85. The van der Waals surface area contributed by atoms with Gasteiger partial charge in [-0.15, -0.1) is 0 Å². The molecule has 0 aliphatic rings. The van der Waals surface area contributed by atoms with E-state index >= 15 is 0 Å². The van der Waals surface area contributed by atoms with Crippen LogP contribution in [0.5, 0.6) is 0 Å². The van der Waals surface area contributed by atoms with Crippen molar-refractivity contribution >= 4 is 23.8 Å². The molecule has 9 heteroatoms. The van der Waals surface area contributed by atoms with Crippen molar-refractivity contribution in [2.24, 2.45) is 11.7 Å². The summed E-state index contributed by atoms with van der Waals surface area (Å²) < 4.78 is 0. The molecule has 0 radical (unpaired) electrons. The van der Waals surface area contributed by atoms with Gasteiger partial charge < -0.3 is 26.6 Å². The maximum atomic E-state index is 11.8. The molecule has 0 rings (SSSR count). The summed E-state index contributed by atoms with van der Waals surface area (Å²) in [5.74, 6) is -3.94. The molecule has 0 aromatic heterocycles. The number of nitrogens with two attached hydrogens (primary N) is 1. The summed E-state index contributed by atoms with van der Waals surface area (Å²) in [5, 5.41) is 21.8. The zero-order valence-electron chi connectivity index (χ0n) is 12.8. The zero-order valence-corrected chi connectivity index (χ0v) is 12.8. The Balaban J connectivity index is 4.55. The van der Waals surface area contributed by atoms with Crippen LogP contribution in [-0.2, 0) is 19.2 Å². The normalized spacial score (nSPS) is 14.8. The topological polar surface area (TPSA) is 159 Å². The maximum absolute atomic E-state index is 11.8. The van der Waals surface area contributed by atoms with Crippen molar-refractivity contribution in [2.45, 2.75) is 51.7 Å². The summed E-state index contributed by atoms with van der Waals surface area (Å²) in [6.07, 6.45) is -0.314. The van der Waals surface area contributed by atoms with Crippen LogP contribution in [0.1, 0.15) is 33.6 Å². The first kappa shape index (κ1) is 19.8. The number of hydrogen-bond acceptors (Lipinski definition) is 5. The van der Waals surface area contributed by atoms with E-state index in [2.05, 4.69) is 10.6 Å². The third-order valence-electron chi connectivity index (χ3n) is 2.81. The number of carbonyl (C=O) groups excluding carboxylic acids is 2. The third-order valence-corrected chi connectivity index (χ3v) is 2.81. The molecule has 0 saturated heterocycles. The van der Waals surface area contributed by atoms with E-state index < -0.39 is 48.3 Å². The molecule has 22 heavy (non-hydrogen) atoms. The van der Waals surface area contributed by atoms with Crippen LogP contribution in [0, 0.1) is 5.92 Å². The molecule has 0 aromatic carbocycles. The predicted octanol–water partition coefficient (Wildman–Crippen LogP) is -1.09. The lowest BCUT2D eigenvalue weighted by atomic mass is 10.0. The van der Waals surface area contributed by atoms with Gasteiger partial charge in [0.05, 0.1) is 12.5 Å². The van der Waals surface area contributed by atoms with Crippen LogP contribution < -0.4 is 16.4 Å². The van der Waals surface area contributed by atoms with Crippen molar-refractivity contribution in [1.82, 2.24) is 10.6 Å². The van der Waals surface area contributed by atoms with Gasteiger partial charge in [0.2, 0.25) is 11.8 Å². The Morgan fingerprint density at radius 1 is 1.00 bits per heavy atom. The fourth-order valence-electron chi connectivity index (χ4n) is 1.67. The van der Waals surface area contributed by atoms with Gasteiger partial charge >= 0.3 is 11.9 Å². The molecule has 126 valence electrons. The van der Waals surface area contributed by atoms with Crippen molar-refractivity contribution in [2.75, 3.05) is 0 Å². The van der Waals surface area contributed by atoms with Gasteiger partial charge in [-0.05, 0) is 19.3 Å². The van der Waals surface area contributed by atoms with Gasteiger partial charge in [0.1, 0.15) is 12.1 Å². The maximum Gasteiger partial charge on any atom is 0.326 e. The standard InChI is InChI=1S/C13H23N3O6/c1-6(2)4-8(14)12(20)15-7(3)11(19)16-9(13(21)22)5-10(17)18/h6-9H,4-5,14H2,1-3H3,(H,15,20)(H,16,19)(H,17,18)(H,21,22)/t7-,8+,9-/m0/s1. The van der Waals surface area contributed by atoms with Gasteiger partial charge in [-0.3, -0.25) is 14.4 Å². The van der Waals surface area contributed by atoms with Gasteiger partial charge in [-0.2, -0.15) is 0 Å². The predicted molar refractivity (Wildman–Crippen MR) is 76.9 cm³/mol. The number of carbonyl (C=O) groups is 4. The summed E-state index contributed by atoms with van der Waals surface area (Å²) in [6, 6.07) is -3.36. The number of carboxylic acids is 2. The third kappa shape index (κ3) is 7.58. The van der Waals surface area contributed by atoms with E-state index in [1.807, 2.05) is 13.8 Å². The summed E-state index contributed by atoms with van der Waals surface area (Å²) in [7, 11) is 0. The molecule has 3 atom stereocenters. The van der Waals surface area contributed by atoms with E-state index in [4.69, 9.17) is 15.9 Å². The fourth-order valence-corrected chi connectivity index (χ4v) is 1.67. The minimum atomic E-state index is -1.56. The van der Waals surface area contributed by atoms with Crippen molar-refractivity contribution in [3.8, 4) is 0 Å². The van der Waals surface area contributed by atoms with Crippen molar-refractivity contribution < 1.29 is 29.4 Å². The first-order chi connectivity index (χ1) is 10.0. The van der Waals surface area contributed by atoms with E-state index in [1.54, 1.807) is 0 Å². The quantitative estimate of drug-likeness (QED) is 0.361. The van der Waals surface area contributed by atoms with Crippen LogP contribution in [-0.4, -0.2) is 52.1 Å². The van der Waals surface area contributed by atoms with Crippen molar-refractivity contribution in [1.29, 1.82) is 0 Å². The van der Waals surface area contributed by atoms with E-state index in [0.29, 0.717) is 6.42 Å². The molecule has 0 aliphatic heterocycles. The lowest BCUT2D eigenvalue weighted by molar-refractivity contribution is -0.147. The molecule has 0 unspecified atom stereocenters. The highest BCUT2D eigenvalue weighted by Crippen LogP contribution is 2.03. The lowest BCUT2D eigenvalue weighted by Gasteiger charge is -2.20. The van der Waals surface area contributed by atoms with Gasteiger partial charge in [0, 0.05) is 0 Å². The number of nitrogens with one attached hydrogen (secondary N) is 2. The molecule has 0 saturated carbocycles. The van der Waals surface area contributed by atoms with E-state index in [0.717, 1.165) is 0 Å². The zero-order chi connectivity index (χ0) is 17.4.